The van der Waals surface area contributed by atoms with Crippen LogP contribution in [0.3, 0.4) is 0 Å². The molecule has 0 atom stereocenters. The Morgan fingerprint density at radius 1 is 1.75 bits per heavy atom. The summed E-state index contributed by atoms with van der Waals surface area (Å²) in [6.45, 7) is 5.82. The maximum atomic E-state index is 3.68. The Hall–Kier alpha value is -0.780. The molecule has 0 fully saturated rings. The van der Waals surface area contributed by atoms with Gasteiger partial charge >= 0.3 is 0 Å². The van der Waals surface area contributed by atoms with Gasteiger partial charge in [0, 0.05) is 0 Å². The Labute approximate surface area is 50.2 Å². The zero-order chi connectivity index (χ0) is 5.98. The first-order valence-electron chi connectivity index (χ1n) is 2.83. The van der Waals surface area contributed by atoms with Gasteiger partial charge in [0.2, 0.25) is 0 Å². The van der Waals surface area contributed by atoms with Crippen LogP contribution in [0.4, 0.5) is 0 Å². The van der Waals surface area contributed by atoms with Gasteiger partial charge in [-0.1, -0.05) is 30.4 Å². The summed E-state index contributed by atoms with van der Waals surface area (Å²) >= 11 is 0. The zero-order valence-electron chi connectivity index (χ0n) is 5.15. The molecule has 1 rings (SSSR count). The van der Waals surface area contributed by atoms with Gasteiger partial charge in [0.25, 0.3) is 0 Å². The van der Waals surface area contributed by atoms with E-state index in [0.717, 1.165) is 6.42 Å². The third-order valence-corrected chi connectivity index (χ3v) is 1.43. The Bertz CT molecular complexity index is 159. The summed E-state index contributed by atoms with van der Waals surface area (Å²) in [7, 11) is 0. The summed E-state index contributed by atoms with van der Waals surface area (Å²) in [5.41, 5.74) is 2.73. The molecule has 1 aliphatic carbocycles. The summed E-state index contributed by atoms with van der Waals surface area (Å²) in [6.07, 6.45) is 7.29. The van der Waals surface area contributed by atoms with Crippen LogP contribution in [0.25, 0.3) is 0 Å². The van der Waals surface area contributed by atoms with Gasteiger partial charge in [-0.25, -0.2) is 0 Å². The van der Waals surface area contributed by atoms with E-state index in [1.807, 2.05) is 6.08 Å². The van der Waals surface area contributed by atoms with Crippen LogP contribution in [0.1, 0.15) is 13.3 Å². The predicted octanol–water partition coefficient (Wildman–Crippen LogP) is 2.45. The van der Waals surface area contributed by atoms with Crippen molar-refractivity contribution in [2.24, 2.45) is 0 Å². The molecule has 0 heteroatoms. The molecule has 0 spiro atoms. The molecular weight excluding hydrogens is 96.1 g/mol. The SMILES string of the molecule is C=CC1=C(C)CC=C1. The monoisotopic (exact) mass is 106 g/mol. The highest BCUT2D eigenvalue weighted by Gasteiger charge is 1.97. The van der Waals surface area contributed by atoms with E-state index in [-0.39, 0.29) is 0 Å². The molecule has 0 aromatic heterocycles. The van der Waals surface area contributed by atoms with Crippen molar-refractivity contribution in [3.63, 3.8) is 0 Å². The minimum Gasteiger partial charge on any atom is -0.0985 e. The molecule has 0 heterocycles. The Kier molecular flexibility index (Phi) is 1.34. The van der Waals surface area contributed by atoms with Gasteiger partial charge in [-0.2, -0.15) is 0 Å². The van der Waals surface area contributed by atoms with E-state index in [2.05, 4.69) is 25.7 Å². The lowest BCUT2D eigenvalue weighted by Gasteiger charge is -1.89. The highest BCUT2D eigenvalue weighted by molar-refractivity contribution is 5.39. The Morgan fingerprint density at radius 3 is 2.75 bits per heavy atom. The minimum absolute atomic E-state index is 1.11. The minimum atomic E-state index is 1.11. The van der Waals surface area contributed by atoms with Gasteiger partial charge in [0.15, 0.2) is 0 Å². The Morgan fingerprint density at radius 2 is 2.50 bits per heavy atom. The Balaban J connectivity index is 2.85. The van der Waals surface area contributed by atoms with Crippen molar-refractivity contribution < 1.29 is 0 Å². The van der Waals surface area contributed by atoms with E-state index < -0.39 is 0 Å². The van der Waals surface area contributed by atoms with Crippen LogP contribution in [0.2, 0.25) is 0 Å². The quantitative estimate of drug-likeness (QED) is 0.481. The topological polar surface area (TPSA) is 0 Å². The molecule has 0 saturated carbocycles. The van der Waals surface area contributed by atoms with Crippen molar-refractivity contribution >= 4 is 0 Å². The van der Waals surface area contributed by atoms with Crippen molar-refractivity contribution in [2.75, 3.05) is 0 Å². The zero-order valence-corrected chi connectivity index (χ0v) is 5.15. The highest BCUT2D eigenvalue weighted by atomic mass is 14.0. The fourth-order valence-corrected chi connectivity index (χ4v) is 0.865. The van der Waals surface area contributed by atoms with Gasteiger partial charge in [0.1, 0.15) is 0 Å². The second-order valence-electron chi connectivity index (χ2n) is 2.05. The van der Waals surface area contributed by atoms with Gasteiger partial charge in [-0.05, 0) is 18.9 Å². The molecule has 0 aromatic carbocycles. The van der Waals surface area contributed by atoms with Crippen LogP contribution in [-0.4, -0.2) is 0 Å². The molecule has 0 aliphatic heterocycles. The maximum Gasteiger partial charge on any atom is -0.0129 e. The largest absolute Gasteiger partial charge is 0.0985 e. The number of hydrogen-bond donors (Lipinski definition) is 0. The van der Waals surface area contributed by atoms with Crippen LogP contribution in [0.15, 0.2) is 36.0 Å². The molecule has 0 amide bonds. The standard InChI is InChI=1S/C8H10/c1-3-8-6-4-5-7(8)2/h3-4,6H,1,5H2,2H3. The van der Waals surface area contributed by atoms with Crippen LogP contribution in [0, 0.1) is 0 Å². The first kappa shape index (κ1) is 5.36. The smallest absolute Gasteiger partial charge is 0.0129 e. The molecule has 8 heavy (non-hydrogen) atoms. The lowest BCUT2D eigenvalue weighted by atomic mass is 10.2. The normalized spacial score (nSPS) is 17.6. The van der Waals surface area contributed by atoms with Gasteiger partial charge in [0.05, 0.1) is 0 Å². The van der Waals surface area contributed by atoms with Crippen molar-refractivity contribution in [1.82, 2.24) is 0 Å². The van der Waals surface area contributed by atoms with E-state index in [0.29, 0.717) is 0 Å². The van der Waals surface area contributed by atoms with E-state index in [1.54, 1.807) is 0 Å². The van der Waals surface area contributed by atoms with Crippen molar-refractivity contribution in [1.29, 1.82) is 0 Å². The molecule has 0 aromatic rings. The second-order valence-corrected chi connectivity index (χ2v) is 2.05. The molecule has 0 unspecified atom stereocenters. The summed E-state index contributed by atoms with van der Waals surface area (Å²) in [4.78, 5) is 0. The molecule has 42 valence electrons. The van der Waals surface area contributed by atoms with Crippen LogP contribution >= 0.6 is 0 Å². The first-order valence-corrected chi connectivity index (χ1v) is 2.83. The summed E-state index contributed by atoms with van der Waals surface area (Å²) in [6, 6.07) is 0. The highest BCUT2D eigenvalue weighted by Crippen LogP contribution is 2.17. The van der Waals surface area contributed by atoms with Crippen LogP contribution in [-0.2, 0) is 0 Å². The molecule has 0 saturated heterocycles. The van der Waals surface area contributed by atoms with Crippen molar-refractivity contribution in [2.45, 2.75) is 13.3 Å². The lowest BCUT2D eigenvalue weighted by Crippen LogP contribution is -1.69. The second kappa shape index (κ2) is 1.99. The molecule has 0 radical (unpaired) electrons. The third kappa shape index (κ3) is 0.738. The lowest BCUT2D eigenvalue weighted by molar-refractivity contribution is 1.24. The fourth-order valence-electron chi connectivity index (χ4n) is 0.865. The number of allylic oxidation sites excluding steroid dienone is 5. The number of hydrogen-bond acceptors (Lipinski definition) is 0. The van der Waals surface area contributed by atoms with Gasteiger partial charge in [-0.15, -0.1) is 0 Å². The molecule has 0 N–H and O–H groups in total. The van der Waals surface area contributed by atoms with Crippen molar-refractivity contribution in [3.8, 4) is 0 Å². The average Bonchev–Trinajstić information content (AvgIpc) is 2.14. The maximum absolute atomic E-state index is 3.68. The first-order chi connectivity index (χ1) is 3.84. The third-order valence-electron chi connectivity index (χ3n) is 1.43. The fraction of sp³-hybridized carbons (Fsp3) is 0.250. The average molecular weight is 106 g/mol. The summed E-state index contributed by atoms with van der Waals surface area (Å²) in [5, 5.41) is 0. The molecule has 0 nitrogen and oxygen atoms in total. The molecule has 0 bridgehead atoms. The summed E-state index contributed by atoms with van der Waals surface area (Å²) in [5.74, 6) is 0. The summed E-state index contributed by atoms with van der Waals surface area (Å²) < 4.78 is 0. The van der Waals surface area contributed by atoms with Gasteiger partial charge in [-0.3, -0.25) is 0 Å². The van der Waals surface area contributed by atoms with Crippen molar-refractivity contribution in [3.05, 3.63) is 36.0 Å². The van der Waals surface area contributed by atoms with Crippen LogP contribution < -0.4 is 0 Å². The molecule has 1 aliphatic rings. The van der Waals surface area contributed by atoms with E-state index in [9.17, 15) is 0 Å². The van der Waals surface area contributed by atoms with Crippen LogP contribution in [0.5, 0.6) is 0 Å². The number of rotatable bonds is 1. The van der Waals surface area contributed by atoms with E-state index in [1.165, 1.54) is 11.1 Å². The van der Waals surface area contributed by atoms with E-state index in [4.69, 9.17) is 0 Å². The van der Waals surface area contributed by atoms with Gasteiger partial charge < -0.3 is 0 Å². The molecular formula is C8H10. The predicted molar refractivity (Wildman–Crippen MR) is 36.7 cm³/mol. The van der Waals surface area contributed by atoms with E-state index >= 15 is 0 Å².